The number of fused-ring (bicyclic) bond motifs is 1. The number of para-hydroxylation sites is 1. The molecule has 0 aliphatic heterocycles. The smallest absolute Gasteiger partial charge is 0.256 e. The van der Waals surface area contributed by atoms with Gasteiger partial charge in [0.25, 0.3) is 5.91 Å². The maximum absolute atomic E-state index is 12.6. The molecule has 0 saturated carbocycles. The fraction of sp³-hybridized carbons (Fsp3) is 0.133. The van der Waals surface area contributed by atoms with E-state index in [0.717, 1.165) is 20.3 Å². The minimum absolute atomic E-state index is 0.0281. The van der Waals surface area contributed by atoms with E-state index in [1.807, 2.05) is 43.6 Å². The first-order valence-electron chi connectivity index (χ1n) is 6.19. The third-order valence-corrected chi connectivity index (χ3v) is 4.76. The van der Waals surface area contributed by atoms with E-state index in [4.69, 9.17) is 0 Å². The number of aromatic nitrogens is 1. The number of hydrogen-bond donors (Lipinski definition) is 1. The normalized spacial score (nSPS) is 10.9. The van der Waals surface area contributed by atoms with Crippen LogP contribution in [0.3, 0.4) is 0 Å². The van der Waals surface area contributed by atoms with Crippen molar-refractivity contribution in [2.75, 3.05) is 7.05 Å². The van der Waals surface area contributed by atoms with Gasteiger partial charge in [0.15, 0.2) is 0 Å². The van der Waals surface area contributed by atoms with Gasteiger partial charge >= 0.3 is 0 Å². The van der Waals surface area contributed by atoms with Crippen molar-refractivity contribution in [2.24, 2.45) is 0 Å². The molecule has 0 radical (unpaired) electrons. The molecular weight excluding hydrogens is 336 g/mol. The van der Waals surface area contributed by atoms with Gasteiger partial charge < -0.3 is 9.88 Å². The molecule has 0 bridgehead atoms. The zero-order chi connectivity index (χ0) is 14.1. The zero-order valence-electron chi connectivity index (χ0n) is 10.9. The monoisotopic (exact) mass is 348 g/mol. The minimum Gasteiger partial charge on any atom is -0.361 e. The van der Waals surface area contributed by atoms with Crippen LogP contribution in [0.2, 0.25) is 0 Å². The number of nitrogens with zero attached hydrogens (tertiary/aromatic N) is 1. The number of thiophene rings is 1. The molecule has 2 aromatic heterocycles. The molecular formula is C15H13BrN2OS. The van der Waals surface area contributed by atoms with E-state index in [1.54, 1.807) is 16.2 Å². The maximum atomic E-state index is 12.6. The Hall–Kier alpha value is -1.59. The lowest BCUT2D eigenvalue weighted by atomic mass is 10.1. The lowest BCUT2D eigenvalue weighted by molar-refractivity contribution is 0.0787. The Morgan fingerprint density at radius 2 is 2.25 bits per heavy atom. The van der Waals surface area contributed by atoms with Crippen molar-refractivity contribution in [2.45, 2.75) is 6.54 Å². The van der Waals surface area contributed by atoms with Gasteiger partial charge in [-0.05, 0) is 45.1 Å². The molecule has 2 heterocycles. The van der Waals surface area contributed by atoms with Crippen LogP contribution in [0.15, 0.2) is 45.7 Å². The number of carbonyl (C=O) groups is 1. The topological polar surface area (TPSA) is 36.1 Å². The first-order chi connectivity index (χ1) is 9.65. The van der Waals surface area contributed by atoms with Crippen molar-refractivity contribution in [1.82, 2.24) is 9.88 Å². The highest BCUT2D eigenvalue weighted by Gasteiger charge is 2.15. The van der Waals surface area contributed by atoms with Crippen LogP contribution < -0.4 is 0 Å². The Bertz CT molecular complexity index is 762. The molecule has 3 nitrogen and oxygen atoms in total. The van der Waals surface area contributed by atoms with Crippen LogP contribution in [0, 0.1) is 0 Å². The highest BCUT2D eigenvalue weighted by atomic mass is 79.9. The Morgan fingerprint density at radius 1 is 1.40 bits per heavy atom. The molecule has 0 atom stereocenters. The van der Waals surface area contributed by atoms with Crippen molar-refractivity contribution in [3.63, 3.8) is 0 Å². The number of hydrogen-bond acceptors (Lipinski definition) is 2. The summed E-state index contributed by atoms with van der Waals surface area (Å²) in [5.41, 5.74) is 2.75. The number of H-pyrrole nitrogens is 1. The van der Waals surface area contributed by atoms with E-state index in [1.165, 1.54) is 0 Å². The number of nitrogens with one attached hydrogen (secondary N) is 1. The molecule has 1 amide bonds. The third-order valence-electron chi connectivity index (χ3n) is 3.21. The summed E-state index contributed by atoms with van der Waals surface area (Å²) >= 11 is 5.07. The molecule has 3 rings (SSSR count). The van der Waals surface area contributed by atoms with E-state index in [2.05, 4.69) is 26.3 Å². The maximum Gasteiger partial charge on any atom is 0.256 e. The number of rotatable bonds is 3. The fourth-order valence-electron chi connectivity index (χ4n) is 2.24. The molecule has 5 heteroatoms. The van der Waals surface area contributed by atoms with E-state index in [0.29, 0.717) is 12.1 Å². The highest BCUT2D eigenvalue weighted by Crippen LogP contribution is 2.23. The molecule has 0 aliphatic rings. The number of halogens is 1. The van der Waals surface area contributed by atoms with Gasteiger partial charge in [-0.2, -0.15) is 0 Å². The second kappa shape index (κ2) is 5.42. The van der Waals surface area contributed by atoms with Crippen molar-refractivity contribution in [3.8, 4) is 0 Å². The third kappa shape index (κ3) is 2.51. The summed E-state index contributed by atoms with van der Waals surface area (Å²) in [7, 11) is 1.83. The molecule has 1 N–H and O–H groups in total. The summed E-state index contributed by atoms with van der Waals surface area (Å²) in [6.07, 6.45) is 1.86. The Morgan fingerprint density at radius 3 is 3.00 bits per heavy atom. The molecule has 20 heavy (non-hydrogen) atoms. The first kappa shape index (κ1) is 13.4. The van der Waals surface area contributed by atoms with Crippen molar-refractivity contribution in [1.29, 1.82) is 0 Å². The molecule has 102 valence electrons. The van der Waals surface area contributed by atoms with Crippen LogP contribution in [-0.2, 0) is 6.54 Å². The number of aromatic amines is 1. The van der Waals surface area contributed by atoms with Crippen LogP contribution >= 0.6 is 27.3 Å². The second-order valence-corrected chi connectivity index (χ2v) is 6.96. The summed E-state index contributed by atoms with van der Waals surface area (Å²) in [5, 5.41) is 3.12. The second-order valence-electron chi connectivity index (χ2n) is 4.67. The molecule has 1 aromatic carbocycles. The van der Waals surface area contributed by atoms with Gasteiger partial charge in [-0.3, -0.25) is 4.79 Å². The average Bonchev–Trinajstić information content (AvgIpc) is 3.06. The summed E-state index contributed by atoms with van der Waals surface area (Å²) in [6.45, 7) is 0.609. The van der Waals surface area contributed by atoms with Gasteiger partial charge in [0.2, 0.25) is 0 Å². The number of benzene rings is 1. The summed E-state index contributed by atoms with van der Waals surface area (Å²) in [4.78, 5) is 17.4. The molecule has 0 saturated heterocycles. The van der Waals surface area contributed by atoms with Crippen LogP contribution in [0.25, 0.3) is 10.9 Å². The first-order valence-corrected chi connectivity index (χ1v) is 7.87. The minimum atomic E-state index is 0.0281. The van der Waals surface area contributed by atoms with E-state index in [9.17, 15) is 4.79 Å². The molecule has 0 spiro atoms. The SMILES string of the molecule is CN(Cc1csc(Br)c1)C(=O)c1cccc2cc[nH]c12. The summed E-state index contributed by atoms with van der Waals surface area (Å²) in [5.74, 6) is 0.0281. The highest BCUT2D eigenvalue weighted by molar-refractivity contribution is 9.11. The molecule has 0 unspecified atom stereocenters. The summed E-state index contributed by atoms with van der Waals surface area (Å²) in [6, 6.07) is 9.80. The van der Waals surface area contributed by atoms with Crippen LogP contribution in [-0.4, -0.2) is 22.8 Å². The fourth-order valence-corrected chi connectivity index (χ4v) is 3.44. The Labute approximate surface area is 129 Å². The lowest BCUT2D eigenvalue weighted by Crippen LogP contribution is -2.26. The standard InChI is InChI=1S/C15H13BrN2OS/c1-18(8-10-7-13(16)20-9-10)15(19)12-4-2-3-11-5-6-17-14(11)12/h2-7,9,17H,8H2,1H3. The van der Waals surface area contributed by atoms with Gasteiger partial charge in [0.1, 0.15) is 0 Å². The predicted octanol–water partition coefficient (Wildman–Crippen LogP) is 4.26. The summed E-state index contributed by atoms with van der Waals surface area (Å²) < 4.78 is 1.08. The van der Waals surface area contributed by atoms with Crippen molar-refractivity contribution in [3.05, 3.63) is 56.8 Å². The van der Waals surface area contributed by atoms with E-state index in [-0.39, 0.29) is 5.91 Å². The van der Waals surface area contributed by atoms with Crippen LogP contribution in [0.1, 0.15) is 15.9 Å². The van der Waals surface area contributed by atoms with Crippen LogP contribution in [0.4, 0.5) is 0 Å². The quantitative estimate of drug-likeness (QED) is 0.753. The predicted molar refractivity (Wildman–Crippen MR) is 86.1 cm³/mol. The van der Waals surface area contributed by atoms with Gasteiger partial charge in [0, 0.05) is 25.2 Å². The number of carbonyl (C=O) groups excluding carboxylic acids is 1. The van der Waals surface area contributed by atoms with Crippen molar-refractivity contribution < 1.29 is 4.79 Å². The van der Waals surface area contributed by atoms with Gasteiger partial charge in [-0.1, -0.05) is 12.1 Å². The van der Waals surface area contributed by atoms with Gasteiger partial charge in [0.05, 0.1) is 14.9 Å². The van der Waals surface area contributed by atoms with Gasteiger partial charge in [-0.25, -0.2) is 0 Å². The Kier molecular flexibility index (Phi) is 3.63. The zero-order valence-corrected chi connectivity index (χ0v) is 13.3. The largest absolute Gasteiger partial charge is 0.361 e. The lowest BCUT2D eigenvalue weighted by Gasteiger charge is -2.17. The Balaban J connectivity index is 1.86. The molecule has 0 aliphatic carbocycles. The number of amides is 1. The van der Waals surface area contributed by atoms with Gasteiger partial charge in [-0.15, -0.1) is 11.3 Å². The molecule has 0 fully saturated rings. The van der Waals surface area contributed by atoms with Crippen LogP contribution in [0.5, 0.6) is 0 Å². The average molecular weight is 349 g/mol. The molecule has 3 aromatic rings. The van der Waals surface area contributed by atoms with E-state index < -0.39 is 0 Å². The van der Waals surface area contributed by atoms with E-state index >= 15 is 0 Å². The van der Waals surface area contributed by atoms with Crippen molar-refractivity contribution >= 4 is 44.1 Å².